The van der Waals surface area contributed by atoms with E-state index in [1.165, 1.54) is 6.92 Å². The number of halogens is 1. The van der Waals surface area contributed by atoms with Gasteiger partial charge in [0.1, 0.15) is 18.3 Å². The molecule has 0 saturated carbocycles. The molecule has 0 aromatic heterocycles. The van der Waals surface area contributed by atoms with E-state index in [9.17, 15) is 4.79 Å². The van der Waals surface area contributed by atoms with Crippen molar-refractivity contribution in [2.75, 3.05) is 6.61 Å². The molecule has 1 aliphatic rings. The molecule has 0 unspecified atom stereocenters. The maximum Gasteiger partial charge on any atom is 0.217 e. The van der Waals surface area contributed by atoms with Crippen molar-refractivity contribution in [3.8, 4) is 0 Å². The Morgan fingerprint density at radius 1 is 0.778 bits per heavy atom. The summed E-state index contributed by atoms with van der Waals surface area (Å²) < 4.78 is 24.9. The van der Waals surface area contributed by atoms with Crippen LogP contribution in [0.15, 0.2) is 91.0 Å². The number of ether oxygens (including phenoxy) is 4. The molecular weight excluding hydrogens is 478 g/mol. The highest BCUT2D eigenvalue weighted by atomic mass is 35.5. The molecule has 0 spiro atoms. The second kappa shape index (κ2) is 13.5. The Kier molecular flexibility index (Phi) is 9.90. The Balaban J connectivity index is 1.53. The molecule has 1 saturated heterocycles. The molecule has 0 bridgehead atoms. The molecule has 7 heteroatoms. The highest BCUT2D eigenvalue weighted by molar-refractivity contribution is 6.20. The minimum atomic E-state index is -0.809. The van der Waals surface area contributed by atoms with Gasteiger partial charge in [0.2, 0.25) is 5.91 Å². The summed E-state index contributed by atoms with van der Waals surface area (Å²) in [6, 6.07) is 29.1. The van der Waals surface area contributed by atoms with Crippen LogP contribution in [0.25, 0.3) is 0 Å². The van der Waals surface area contributed by atoms with Crippen LogP contribution in [0, 0.1) is 0 Å². The van der Waals surface area contributed by atoms with Gasteiger partial charge in [-0.15, -0.1) is 0 Å². The number of benzene rings is 3. The number of hydrogen-bond acceptors (Lipinski definition) is 5. The molecule has 1 aliphatic heterocycles. The highest BCUT2D eigenvalue weighted by Crippen LogP contribution is 2.30. The van der Waals surface area contributed by atoms with Gasteiger partial charge in [-0.05, 0) is 16.7 Å². The largest absolute Gasteiger partial charge is 0.374 e. The SMILES string of the molecule is CC(=O)N[C@@H]1[C@@H](OCc2ccccc2)[C@H](OCc2ccccc2)[C@@H](COCc2ccccc2)O[C@@H]1Cl. The first-order valence-electron chi connectivity index (χ1n) is 12.1. The summed E-state index contributed by atoms with van der Waals surface area (Å²) in [5, 5.41) is 2.91. The average Bonchev–Trinajstić information content (AvgIpc) is 2.90. The van der Waals surface area contributed by atoms with Crippen LogP contribution in [0.1, 0.15) is 23.6 Å². The molecule has 1 N–H and O–H groups in total. The number of amides is 1. The van der Waals surface area contributed by atoms with E-state index in [0.717, 1.165) is 16.7 Å². The molecule has 3 aromatic rings. The van der Waals surface area contributed by atoms with E-state index < -0.39 is 29.9 Å². The van der Waals surface area contributed by atoms with Crippen LogP contribution in [0.2, 0.25) is 0 Å². The number of alkyl halides is 1. The van der Waals surface area contributed by atoms with Crippen molar-refractivity contribution < 1.29 is 23.7 Å². The Hall–Kier alpha value is -2.74. The van der Waals surface area contributed by atoms with Gasteiger partial charge in [0.05, 0.1) is 32.5 Å². The second-order valence-electron chi connectivity index (χ2n) is 8.78. The van der Waals surface area contributed by atoms with Gasteiger partial charge in [0.25, 0.3) is 0 Å². The van der Waals surface area contributed by atoms with E-state index >= 15 is 0 Å². The molecule has 3 aromatic carbocycles. The lowest BCUT2D eigenvalue weighted by Crippen LogP contribution is -2.64. The molecule has 1 fully saturated rings. The zero-order valence-corrected chi connectivity index (χ0v) is 21.1. The minimum absolute atomic E-state index is 0.219. The van der Waals surface area contributed by atoms with E-state index in [-0.39, 0.29) is 12.5 Å². The molecule has 190 valence electrons. The van der Waals surface area contributed by atoms with E-state index in [0.29, 0.717) is 19.8 Å². The monoisotopic (exact) mass is 509 g/mol. The summed E-state index contributed by atoms with van der Waals surface area (Å²) in [5.41, 5.74) is 2.28. The van der Waals surface area contributed by atoms with E-state index in [4.69, 9.17) is 30.5 Å². The second-order valence-corrected chi connectivity index (χ2v) is 9.21. The first-order valence-corrected chi connectivity index (χ1v) is 12.5. The summed E-state index contributed by atoms with van der Waals surface area (Å²) in [6.45, 7) is 2.84. The molecule has 4 rings (SSSR count). The third-order valence-electron chi connectivity index (χ3n) is 5.97. The van der Waals surface area contributed by atoms with E-state index in [1.54, 1.807) is 0 Å². The zero-order valence-electron chi connectivity index (χ0n) is 20.3. The van der Waals surface area contributed by atoms with Gasteiger partial charge >= 0.3 is 0 Å². The third-order valence-corrected chi connectivity index (χ3v) is 6.34. The Morgan fingerprint density at radius 2 is 1.25 bits per heavy atom. The lowest BCUT2D eigenvalue weighted by Gasteiger charge is -2.44. The molecule has 5 atom stereocenters. The van der Waals surface area contributed by atoms with Gasteiger partial charge in [-0.2, -0.15) is 0 Å². The minimum Gasteiger partial charge on any atom is -0.374 e. The normalized spacial score (nSPS) is 23.8. The fourth-order valence-electron chi connectivity index (χ4n) is 4.21. The fourth-order valence-corrected chi connectivity index (χ4v) is 4.55. The maximum absolute atomic E-state index is 12.0. The van der Waals surface area contributed by atoms with Crippen LogP contribution in [-0.4, -0.2) is 42.4 Å². The van der Waals surface area contributed by atoms with Gasteiger partial charge in [-0.1, -0.05) is 103 Å². The van der Waals surface area contributed by atoms with Crippen molar-refractivity contribution in [3.05, 3.63) is 108 Å². The predicted octanol–water partition coefficient (Wildman–Crippen LogP) is 4.84. The molecule has 1 heterocycles. The van der Waals surface area contributed by atoms with Crippen molar-refractivity contribution in [1.82, 2.24) is 5.32 Å². The highest BCUT2D eigenvalue weighted by Gasteiger charge is 2.47. The summed E-state index contributed by atoms with van der Waals surface area (Å²) >= 11 is 6.65. The van der Waals surface area contributed by atoms with Gasteiger partial charge < -0.3 is 24.3 Å². The Bertz CT molecular complexity index is 1050. The summed E-state index contributed by atoms with van der Waals surface area (Å²) in [6.07, 6.45) is -1.58. The summed E-state index contributed by atoms with van der Waals surface area (Å²) in [4.78, 5) is 12.0. The first-order chi connectivity index (χ1) is 17.6. The average molecular weight is 510 g/mol. The number of hydrogen-bond donors (Lipinski definition) is 1. The van der Waals surface area contributed by atoms with Crippen molar-refractivity contribution >= 4 is 17.5 Å². The Morgan fingerprint density at radius 3 is 1.75 bits per heavy atom. The van der Waals surface area contributed by atoms with Crippen LogP contribution in [0.4, 0.5) is 0 Å². The molecule has 1 amide bonds. The van der Waals surface area contributed by atoms with Crippen LogP contribution in [-0.2, 0) is 43.6 Å². The number of nitrogens with one attached hydrogen (secondary N) is 1. The van der Waals surface area contributed by atoms with Crippen molar-refractivity contribution in [2.24, 2.45) is 0 Å². The molecule has 0 radical (unpaired) electrons. The van der Waals surface area contributed by atoms with Crippen molar-refractivity contribution in [2.45, 2.75) is 56.7 Å². The number of carbonyl (C=O) groups is 1. The van der Waals surface area contributed by atoms with Crippen LogP contribution in [0.5, 0.6) is 0 Å². The summed E-state index contributed by atoms with van der Waals surface area (Å²) in [5.74, 6) is -0.219. The fraction of sp³-hybridized carbons (Fsp3) is 0.345. The van der Waals surface area contributed by atoms with Gasteiger partial charge in [0, 0.05) is 6.92 Å². The topological polar surface area (TPSA) is 66.0 Å². The zero-order chi connectivity index (χ0) is 25.2. The van der Waals surface area contributed by atoms with Crippen LogP contribution < -0.4 is 5.32 Å². The smallest absolute Gasteiger partial charge is 0.217 e. The Labute approximate surface area is 217 Å². The van der Waals surface area contributed by atoms with Gasteiger partial charge in [-0.3, -0.25) is 4.79 Å². The lowest BCUT2D eigenvalue weighted by molar-refractivity contribution is -0.217. The van der Waals surface area contributed by atoms with E-state index in [1.807, 2.05) is 91.0 Å². The van der Waals surface area contributed by atoms with Crippen LogP contribution >= 0.6 is 11.6 Å². The molecule has 0 aliphatic carbocycles. The number of carbonyl (C=O) groups excluding carboxylic acids is 1. The number of rotatable bonds is 11. The predicted molar refractivity (Wildman–Crippen MR) is 138 cm³/mol. The van der Waals surface area contributed by atoms with Gasteiger partial charge in [0.15, 0.2) is 5.56 Å². The van der Waals surface area contributed by atoms with Crippen molar-refractivity contribution in [1.29, 1.82) is 0 Å². The summed E-state index contributed by atoms with van der Waals surface area (Å²) in [7, 11) is 0. The third kappa shape index (κ3) is 7.63. The standard InChI is InChI=1S/C29H32ClNO5/c1-21(32)31-26-28(35-19-24-15-9-4-10-16-24)27(34-18-23-13-7-3-8-14-23)25(36-29(26)30)20-33-17-22-11-5-2-6-12-22/h2-16,25-29H,17-20H2,1H3,(H,31,32)/t25-,26-,27-,28-,29+/m1/s1. The molecule has 6 nitrogen and oxygen atoms in total. The quantitative estimate of drug-likeness (QED) is 0.375. The van der Waals surface area contributed by atoms with Gasteiger partial charge in [-0.25, -0.2) is 0 Å². The molecule has 36 heavy (non-hydrogen) atoms. The molecular formula is C29H32ClNO5. The van der Waals surface area contributed by atoms with Crippen LogP contribution in [0.3, 0.4) is 0 Å². The lowest BCUT2D eigenvalue weighted by atomic mass is 9.97. The van der Waals surface area contributed by atoms with Crippen molar-refractivity contribution in [3.63, 3.8) is 0 Å². The maximum atomic E-state index is 12.0. The first kappa shape index (κ1) is 26.3. The van der Waals surface area contributed by atoms with E-state index in [2.05, 4.69) is 5.32 Å².